The van der Waals surface area contributed by atoms with Gasteiger partial charge < -0.3 is 24.1 Å². The zero-order valence-corrected chi connectivity index (χ0v) is 13.0. The minimum Gasteiger partial charge on any atom is -0.491 e. The van der Waals surface area contributed by atoms with Gasteiger partial charge in [-0.15, -0.1) is 0 Å². The second-order valence-electron chi connectivity index (χ2n) is 5.96. The highest BCUT2D eigenvalue weighted by molar-refractivity contribution is 5.46. The monoisotopic (exact) mass is 309 g/mol. The van der Waals surface area contributed by atoms with Crippen LogP contribution in [0.15, 0.2) is 18.2 Å². The smallest absolute Gasteiger partial charge is 0.231 e. The number of fused-ring (bicyclic) bond motifs is 1. The van der Waals surface area contributed by atoms with Gasteiger partial charge in [-0.2, -0.15) is 0 Å². The molecule has 122 valence electrons. The predicted molar refractivity (Wildman–Crippen MR) is 80.5 cm³/mol. The fourth-order valence-corrected chi connectivity index (χ4v) is 2.94. The van der Waals surface area contributed by atoms with Crippen LogP contribution in [0.25, 0.3) is 0 Å². The lowest BCUT2D eigenvalue weighted by Gasteiger charge is -2.36. The summed E-state index contributed by atoms with van der Waals surface area (Å²) in [7, 11) is 0. The summed E-state index contributed by atoms with van der Waals surface area (Å²) in [5.74, 6) is 2.08. The van der Waals surface area contributed by atoms with Gasteiger partial charge in [0.25, 0.3) is 0 Å². The SMILES string of the molecule is CC1CN(CC(O)COc2ccc3c(c2)OCO3)CC(C)O1. The number of nitrogens with zero attached hydrogens (tertiary/aromatic N) is 1. The Hall–Kier alpha value is -1.50. The van der Waals surface area contributed by atoms with Crippen LogP contribution >= 0.6 is 0 Å². The first-order valence-electron chi connectivity index (χ1n) is 7.68. The van der Waals surface area contributed by atoms with E-state index in [1.807, 2.05) is 12.1 Å². The first-order chi connectivity index (χ1) is 10.6. The third-order valence-corrected chi connectivity index (χ3v) is 3.75. The lowest BCUT2D eigenvalue weighted by molar-refractivity contribution is -0.0786. The molecular formula is C16H23NO5. The first-order valence-corrected chi connectivity index (χ1v) is 7.68. The lowest BCUT2D eigenvalue weighted by Crippen LogP contribution is -2.48. The van der Waals surface area contributed by atoms with Crippen molar-refractivity contribution in [1.29, 1.82) is 0 Å². The normalized spacial score (nSPS) is 26.0. The van der Waals surface area contributed by atoms with Crippen LogP contribution < -0.4 is 14.2 Å². The molecule has 0 radical (unpaired) electrons. The maximum atomic E-state index is 10.2. The second-order valence-corrected chi connectivity index (χ2v) is 5.96. The van der Waals surface area contributed by atoms with Crippen LogP contribution in [0.4, 0.5) is 0 Å². The largest absolute Gasteiger partial charge is 0.491 e. The summed E-state index contributed by atoms with van der Waals surface area (Å²) in [5.41, 5.74) is 0. The van der Waals surface area contributed by atoms with Crippen molar-refractivity contribution in [2.45, 2.75) is 32.2 Å². The molecule has 0 saturated carbocycles. The molecule has 0 aliphatic carbocycles. The summed E-state index contributed by atoms with van der Waals surface area (Å²) in [5, 5.41) is 10.2. The number of benzene rings is 1. The van der Waals surface area contributed by atoms with Crippen molar-refractivity contribution in [2.24, 2.45) is 0 Å². The Morgan fingerprint density at radius 1 is 1.23 bits per heavy atom. The Morgan fingerprint density at radius 2 is 1.95 bits per heavy atom. The van der Waals surface area contributed by atoms with Crippen LogP contribution in [0.2, 0.25) is 0 Å². The standard InChI is InChI=1S/C16H23NO5/c1-11-6-17(7-12(2)22-11)8-13(18)9-19-14-3-4-15-16(5-14)21-10-20-15/h3-5,11-13,18H,6-10H2,1-2H3. The van der Waals surface area contributed by atoms with E-state index >= 15 is 0 Å². The van der Waals surface area contributed by atoms with Gasteiger partial charge in [-0.05, 0) is 26.0 Å². The Labute approximate surface area is 130 Å². The average Bonchev–Trinajstić information content (AvgIpc) is 2.91. The molecule has 22 heavy (non-hydrogen) atoms. The van der Waals surface area contributed by atoms with Gasteiger partial charge in [0.15, 0.2) is 11.5 Å². The number of aliphatic hydroxyl groups excluding tert-OH is 1. The third kappa shape index (κ3) is 3.82. The van der Waals surface area contributed by atoms with Crippen molar-refractivity contribution in [3.63, 3.8) is 0 Å². The molecule has 1 aromatic carbocycles. The molecule has 2 aliphatic heterocycles. The fraction of sp³-hybridized carbons (Fsp3) is 0.625. The van der Waals surface area contributed by atoms with E-state index in [-0.39, 0.29) is 25.6 Å². The Morgan fingerprint density at radius 3 is 2.73 bits per heavy atom. The second kappa shape index (κ2) is 6.73. The molecule has 6 heteroatoms. The van der Waals surface area contributed by atoms with Crippen molar-refractivity contribution in [2.75, 3.05) is 33.0 Å². The van der Waals surface area contributed by atoms with Gasteiger partial charge >= 0.3 is 0 Å². The summed E-state index contributed by atoms with van der Waals surface area (Å²) >= 11 is 0. The van der Waals surface area contributed by atoms with Crippen LogP contribution in [-0.4, -0.2) is 61.4 Å². The van der Waals surface area contributed by atoms with E-state index in [1.54, 1.807) is 6.07 Å². The zero-order valence-electron chi connectivity index (χ0n) is 13.0. The summed E-state index contributed by atoms with van der Waals surface area (Å²) in [6.45, 7) is 6.87. The number of aliphatic hydroxyl groups is 1. The number of morpholine rings is 1. The van der Waals surface area contributed by atoms with Crippen LogP contribution in [0.3, 0.4) is 0 Å². The van der Waals surface area contributed by atoms with Gasteiger partial charge in [0.05, 0.1) is 12.2 Å². The van der Waals surface area contributed by atoms with E-state index in [4.69, 9.17) is 18.9 Å². The minimum absolute atomic E-state index is 0.200. The molecule has 3 unspecified atom stereocenters. The Kier molecular flexibility index (Phi) is 4.71. The molecule has 0 spiro atoms. The summed E-state index contributed by atoms with van der Waals surface area (Å²) in [6.07, 6.45) is -0.139. The highest BCUT2D eigenvalue weighted by Gasteiger charge is 2.24. The minimum atomic E-state index is -0.539. The van der Waals surface area contributed by atoms with Crippen LogP contribution in [-0.2, 0) is 4.74 Å². The molecule has 3 rings (SSSR count). The molecule has 0 amide bonds. The van der Waals surface area contributed by atoms with E-state index in [2.05, 4.69) is 18.7 Å². The van der Waals surface area contributed by atoms with Crippen molar-refractivity contribution in [3.8, 4) is 17.2 Å². The molecule has 0 aromatic heterocycles. The van der Waals surface area contributed by atoms with E-state index in [0.29, 0.717) is 18.0 Å². The quantitative estimate of drug-likeness (QED) is 0.884. The van der Waals surface area contributed by atoms with Crippen LogP contribution in [0.5, 0.6) is 17.2 Å². The van der Waals surface area contributed by atoms with Gasteiger partial charge in [-0.25, -0.2) is 0 Å². The highest BCUT2D eigenvalue weighted by Crippen LogP contribution is 2.35. The first kappa shape index (κ1) is 15.4. The highest BCUT2D eigenvalue weighted by atomic mass is 16.7. The van der Waals surface area contributed by atoms with Gasteiger partial charge in [-0.3, -0.25) is 4.90 Å². The predicted octanol–water partition coefficient (Wildman–Crippen LogP) is 1.26. The average molecular weight is 309 g/mol. The Balaban J connectivity index is 1.47. The van der Waals surface area contributed by atoms with Gasteiger partial charge in [-0.1, -0.05) is 0 Å². The van der Waals surface area contributed by atoms with E-state index < -0.39 is 6.10 Å². The molecule has 3 atom stereocenters. The van der Waals surface area contributed by atoms with E-state index in [9.17, 15) is 5.11 Å². The number of ether oxygens (including phenoxy) is 4. The molecule has 2 heterocycles. The molecule has 1 aromatic rings. The van der Waals surface area contributed by atoms with Crippen molar-refractivity contribution >= 4 is 0 Å². The number of hydrogen-bond donors (Lipinski definition) is 1. The Bertz CT molecular complexity index is 499. The topological polar surface area (TPSA) is 60.4 Å². The molecule has 2 aliphatic rings. The number of rotatable bonds is 5. The van der Waals surface area contributed by atoms with E-state index in [1.165, 1.54) is 0 Å². The number of hydrogen-bond acceptors (Lipinski definition) is 6. The van der Waals surface area contributed by atoms with Gasteiger partial charge in [0.1, 0.15) is 18.5 Å². The molecule has 1 fully saturated rings. The molecule has 6 nitrogen and oxygen atoms in total. The van der Waals surface area contributed by atoms with Crippen molar-refractivity contribution < 1.29 is 24.1 Å². The summed E-state index contributed by atoms with van der Waals surface area (Å²) in [4.78, 5) is 2.21. The molecular weight excluding hydrogens is 286 g/mol. The number of β-amino-alcohol motifs (C(OH)–C–C–N with tert-alkyl or cyclic N) is 1. The molecule has 0 bridgehead atoms. The van der Waals surface area contributed by atoms with Crippen LogP contribution in [0.1, 0.15) is 13.8 Å². The lowest BCUT2D eigenvalue weighted by atomic mass is 10.2. The fourth-order valence-electron chi connectivity index (χ4n) is 2.94. The van der Waals surface area contributed by atoms with Gasteiger partial charge in [0, 0.05) is 25.7 Å². The van der Waals surface area contributed by atoms with Gasteiger partial charge in [0.2, 0.25) is 6.79 Å². The molecule has 1 N–H and O–H groups in total. The summed E-state index contributed by atoms with van der Waals surface area (Å²) < 4.78 is 21.9. The maximum Gasteiger partial charge on any atom is 0.231 e. The van der Waals surface area contributed by atoms with Crippen LogP contribution in [0, 0.1) is 0 Å². The van der Waals surface area contributed by atoms with Crippen molar-refractivity contribution in [1.82, 2.24) is 4.90 Å². The van der Waals surface area contributed by atoms with Crippen molar-refractivity contribution in [3.05, 3.63) is 18.2 Å². The van der Waals surface area contributed by atoms with E-state index in [0.717, 1.165) is 18.8 Å². The maximum absolute atomic E-state index is 10.2. The molecule has 1 saturated heterocycles. The summed E-state index contributed by atoms with van der Waals surface area (Å²) in [6, 6.07) is 5.42. The zero-order chi connectivity index (χ0) is 15.5. The third-order valence-electron chi connectivity index (χ3n) is 3.75.